The van der Waals surface area contributed by atoms with E-state index in [1.165, 1.54) is 0 Å². The van der Waals surface area contributed by atoms with Gasteiger partial charge in [0.1, 0.15) is 5.38 Å². The molecule has 1 heterocycles. The lowest BCUT2D eigenvalue weighted by molar-refractivity contribution is -0.133. The van der Waals surface area contributed by atoms with Gasteiger partial charge in [0.15, 0.2) is 0 Å². The lowest BCUT2D eigenvalue weighted by atomic mass is 10.2. The molecular formula is C19H24Cl2N2O. The van der Waals surface area contributed by atoms with Crippen molar-refractivity contribution in [3.05, 3.63) is 58.9 Å². The van der Waals surface area contributed by atoms with Gasteiger partial charge in [-0.05, 0) is 50.1 Å². The zero-order valence-corrected chi connectivity index (χ0v) is 15.9. The second kappa shape index (κ2) is 8.59. The highest BCUT2D eigenvalue weighted by Gasteiger charge is 2.23. The zero-order chi connectivity index (χ0) is 17.7. The van der Waals surface area contributed by atoms with E-state index in [0.717, 1.165) is 29.2 Å². The number of hydrogen-bond donors (Lipinski definition) is 0. The van der Waals surface area contributed by atoms with Crippen LogP contribution in [0.25, 0.3) is 0 Å². The van der Waals surface area contributed by atoms with Crippen molar-refractivity contribution >= 4 is 29.1 Å². The van der Waals surface area contributed by atoms with Gasteiger partial charge in [0.2, 0.25) is 5.91 Å². The number of carbonyl (C=O) groups is 1. The monoisotopic (exact) mass is 366 g/mol. The molecule has 0 aliphatic rings. The molecule has 2 aromatic rings. The number of carbonyl (C=O) groups excluding carboxylic acids is 1. The highest BCUT2D eigenvalue weighted by Crippen LogP contribution is 2.17. The molecule has 0 fully saturated rings. The molecule has 2 rings (SSSR count). The Kier molecular flexibility index (Phi) is 6.76. The maximum Gasteiger partial charge on any atom is 0.240 e. The smallest absolute Gasteiger partial charge is 0.240 e. The summed E-state index contributed by atoms with van der Waals surface area (Å²) in [7, 11) is 0. The lowest BCUT2D eigenvalue weighted by Crippen LogP contribution is -2.41. The van der Waals surface area contributed by atoms with Gasteiger partial charge < -0.3 is 9.47 Å². The van der Waals surface area contributed by atoms with E-state index < -0.39 is 5.38 Å². The molecule has 1 amide bonds. The van der Waals surface area contributed by atoms with Crippen LogP contribution in [0, 0.1) is 0 Å². The minimum Gasteiger partial charge on any atom is -0.345 e. The first-order valence-corrected chi connectivity index (χ1v) is 9.06. The van der Waals surface area contributed by atoms with Gasteiger partial charge in [0.25, 0.3) is 0 Å². The van der Waals surface area contributed by atoms with Crippen LogP contribution >= 0.6 is 23.2 Å². The van der Waals surface area contributed by atoms with Crippen molar-refractivity contribution in [1.82, 2.24) is 9.47 Å². The Balaban J connectivity index is 2.20. The first-order chi connectivity index (χ1) is 11.4. The number of rotatable bonds is 7. The summed E-state index contributed by atoms with van der Waals surface area (Å²) in [5.74, 6) is -0.0264. The molecule has 1 aromatic heterocycles. The maximum absolute atomic E-state index is 12.5. The first-order valence-electron chi connectivity index (χ1n) is 8.25. The molecule has 0 N–H and O–H groups in total. The van der Waals surface area contributed by atoms with Crippen molar-refractivity contribution in [2.24, 2.45) is 0 Å². The fourth-order valence-electron chi connectivity index (χ4n) is 2.65. The van der Waals surface area contributed by atoms with Crippen LogP contribution in [-0.2, 0) is 17.9 Å². The summed E-state index contributed by atoms with van der Waals surface area (Å²) in [4.78, 5) is 14.3. The molecule has 0 saturated heterocycles. The van der Waals surface area contributed by atoms with E-state index in [0.29, 0.717) is 6.54 Å². The van der Waals surface area contributed by atoms with Gasteiger partial charge in [-0.15, -0.1) is 11.6 Å². The normalized spacial score (nSPS) is 13.5. The minimum atomic E-state index is -0.518. The van der Waals surface area contributed by atoms with Crippen LogP contribution in [0.15, 0.2) is 42.6 Å². The van der Waals surface area contributed by atoms with Crippen LogP contribution in [0.3, 0.4) is 0 Å². The summed E-state index contributed by atoms with van der Waals surface area (Å²) in [5, 5.41) is 0.212. The van der Waals surface area contributed by atoms with Gasteiger partial charge in [-0.25, -0.2) is 0 Å². The summed E-state index contributed by atoms with van der Waals surface area (Å²) in [6.07, 6.45) is 2.92. The van der Waals surface area contributed by atoms with Crippen LogP contribution in [0.2, 0.25) is 5.02 Å². The van der Waals surface area contributed by atoms with E-state index in [2.05, 4.69) is 18.4 Å². The van der Waals surface area contributed by atoms with E-state index in [1.54, 1.807) is 6.92 Å². The molecule has 0 saturated carbocycles. The molecule has 1 aromatic carbocycles. The van der Waals surface area contributed by atoms with E-state index in [1.807, 2.05) is 47.5 Å². The van der Waals surface area contributed by atoms with Crippen molar-refractivity contribution in [2.45, 2.75) is 51.7 Å². The molecule has 0 aliphatic heterocycles. The number of alkyl halides is 1. The number of hydrogen-bond acceptors (Lipinski definition) is 1. The van der Waals surface area contributed by atoms with Crippen molar-refractivity contribution in [3.8, 4) is 0 Å². The predicted octanol–water partition coefficient (Wildman–Crippen LogP) is 4.94. The number of nitrogens with zero attached hydrogens (tertiary/aromatic N) is 2. The molecule has 24 heavy (non-hydrogen) atoms. The fraction of sp³-hybridized carbons (Fsp3) is 0.421. The molecule has 2 atom stereocenters. The molecule has 0 bridgehead atoms. The molecule has 0 unspecified atom stereocenters. The van der Waals surface area contributed by atoms with Crippen LogP contribution in [-0.4, -0.2) is 26.8 Å². The van der Waals surface area contributed by atoms with Crippen LogP contribution in [0.5, 0.6) is 0 Å². The van der Waals surface area contributed by atoms with Gasteiger partial charge in [-0.2, -0.15) is 0 Å². The van der Waals surface area contributed by atoms with Gasteiger partial charge in [0, 0.05) is 29.5 Å². The minimum absolute atomic E-state index is 0.0264. The SMILES string of the molecule is CC[C@H](C)N(Cc1cccn1Cc1cccc(Cl)c1)C(=O)[C@H](C)Cl. The maximum atomic E-state index is 12.5. The average molecular weight is 367 g/mol. The molecule has 0 aliphatic carbocycles. The Morgan fingerprint density at radius 2 is 2.00 bits per heavy atom. The molecule has 130 valence electrons. The molecule has 0 spiro atoms. The second-order valence-electron chi connectivity index (χ2n) is 6.10. The van der Waals surface area contributed by atoms with Gasteiger partial charge in [0.05, 0.1) is 6.54 Å². The summed E-state index contributed by atoms with van der Waals surface area (Å²) in [5.41, 5.74) is 2.22. The Morgan fingerprint density at radius 3 is 2.62 bits per heavy atom. The first kappa shape index (κ1) is 18.9. The lowest BCUT2D eigenvalue weighted by Gasteiger charge is -2.30. The van der Waals surface area contributed by atoms with Crippen LogP contribution in [0.1, 0.15) is 38.4 Å². The Morgan fingerprint density at radius 1 is 1.25 bits per heavy atom. The number of halogens is 2. The Hall–Kier alpha value is -1.45. The number of benzene rings is 1. The van der Waals surface area contributed by atoms with Crippen molar-refractivity contribution < 1.29 is 4.79 Å². The third-order valence-electron chi connectivity index (χ3n) is 4.24. The molecule has 3 nitrogen and oxygen atoms in total. The molecule has 5 heteroatoms. The number of amides is 1. The zero-order valence-electron chi connectivity index (χ0n) is 14.4. The van der Waals surface area contributed by atoms with Gasteiger partial charge in [-0.3, -0.25) is 4.79 Å². The largest absolute Gasteiger partial charge is 0.345 e. The van der Waals surface area contributed by atoms with E-state index in [-0.39, 0.29) is 11.9 Å². The van der Waals surface area contributed by atoms with Crippen LogP contribution in [0.4, 0.5) is 0 Å². The van der Waals surface area contributed by atoms with Crippen molar-refractivity contribution in [1.29, 1.82) is 0 Å². The van der Waals surface area contributed by atoms with Crippen molar-refractivity contribution in [2.75, 3.05) is 0 Å². The van der Waals surface area contributed by atoms with Gasteiger partial charge in [-0.1, -0.05) is 30.7 Å². The summed E-state index contributed by atoms with van der Waals surface area (Å²) in [6.45, 7) is 7.14. The third kappa shape index (κ3) is 4.78. The highest BCUT2D eigenvalue weighted by molar-refractivity contribution is 6.30. The summed E-state index contributed by atoms with van der Waals surface area (Å²) < 4.78 is 2.15. The topological polar surface area (TPSA) is 25.2 Å². The van der Waals surface area contributed by atoms with Crippen molar-refractivity contribution in [3.63, 3.8) is 0 Å². The third-order valence-corrected chi connectivity index (χ3v) is 4.67. The number of aromatic nitrogens is 1. The molecule has 0 radical (unpaired) electrons. The van der Waals surface area contributed by atoms with E-state index in [9.17, 15) is 4.79 Å². The quantitative estimate of drug-likeness (QED) is 0.636. The summed E-state index contributed by atoms with van der Waals surface area (Å²) in [6, 6.07) is 12.0. The predicted molar refractivity (Wildman–Crippen MR) is 101 cm³/mol. The highest BCUT2D eigenvalue weighted by atomic mass is 35.5. The van der Waals surface area contributed by atoms with Gasteiger partial charge >= 0.3 is 0 Å². The fourth-order valence-corrected chi connectivity index (χ4v) is 2.99. The van der Waals surface area contributed by atoms with E-state index >= 15 is 0 Å². The standard InChI is InChI=1S/C19H24Cl2N2O/c1-4-14(2)23(19(24)15(3)20)13-18-9-6-10-22(18)12-16-7-5-8-17(21)11-16/h5-11,14-15H,4,12-13H2,1-3H3/t14-,15-/m0/s1. The summed E-state index contributed by atoms with van der Waals surface area (Å²) >= 11 is 12.1. The Bertz CT molecular complexity index is 682. The van der Waals surface area contributed by atoms with E-state index in [4.69, 9.17) is 23.2 Å². The second-order valence-corrected chi connectivity index (χ2v) is 7.19. The average Bonchev–Trinajstić information content (AvgIpc) is 2.98. The molecular weight excluding hydrogens is 343 g/mol. The van der Waals surface area contributed by atoms with Crippen LogP contribution < -0.4 is 0 Å². The Labute approximate surface area is 154 Å².